The lowest BCUT2D eigenvalue weighted by atomic mass is 10.0. The zero-order valence-corrected chi connectivity index (χ0v) is 13.1. The summed E-state index contributed by atoms with van der Waals surface area (Å²) in [5, 5.41) is 5.97. The van der Waals surface area contributed by atoms with Gasteiger partial charge in [0.1, 0.15) is 0 Å². The number of benzene rings is 1. The number of amides is 2. The molecule has 6 heteroatoms. The third-order valence-electron chi connectivity index (χ3n) is 4.48. The van der Waals surface area contributed by atoms with Crippen molar-refractivity contribution in [3.8, 4) is 0 Å². The summed E-state index contributed by atoms with van der Waals surface area (Å²) in [5.74, 6) is -0.406. The Bertz CT molecular complexity index is 614. The van der Waals surface area contributed by atoms with E-state index in [1.807, 2.05) is 35.2 Å². The van der Waals surface area contributed by atoms with Gasteiger partial charge in [-0.05, 0) is 24.9 Å². The van der Waals surface area contributed by atoms with Crippen molar-refractivity contribution in [3.05, 3.63) is 35.9 Å². The standard InChI is InChI=1S/C17H22N4O2/c18-17(23)15-8-4-5-10-20(15)12-16(22)21-11-9-14(19-21)13-6-2-1-3-7-13/h1-3,6-7,15H,4-5,8-12H2,(H2,18,23). The number of carbonyl (C=O) groups excluding carboxylic acids is 2. The predicted octanol–water partition coefficient (Wildman–Crippen LogP) is 0.963. The van der Waals surface area contributed by atoms with E-state index in [4.69, 9.17) is 5.73 Å². The maximum atomic E-state index is 12.5. The molecule has 1 unspecified atom stereocenters. The van der Waals surface area contributed by atoms with Crippen LogP contribution in [-0.2, 0) is 9.59 Å². The molecular formula is C17H22N4O2. The number of likely N-dealkylation sites (tertiary alicyclic amines) is 1. The minimum Gasteiger partial charge on any atom is -0.368 e. The average Bonchev–Trinajstić information content (AvgIpc) is 3.06. The van der Waals surface area contributed by atoms with Crippen molar-refractivity contribution in [2.75, 3.05) is 19.6 Å². The molecule has 6 nitrogen and oxygen atoms in total. The van der Waals surface area contributed by atoms with Crippen LogP contribution < -0.4 is 5.73 Å². The van der Waals surface area contributed by atoms with Crippen LogP contribution in [0.3, 0.4) is 0 Å². The van der Waals surface area contributed by atoms with E-state index in [2.05, 4.69) is 5.10 Å². The number of primary amides is 1. The fourth-order valence-corrected chi connectivity index (χ4v) is 3.23. The third-order valence-corrected chi connectivity index (χ3v) is 4.48. The first-order valence-corrected chi connectivity index (χ1v) is 8.12. The highest BCUT2D eigenvalue weighted by Crippen LogP contribution is 2.18. The van der Waals surface area contributed by atoms with Gasteiger partial charge in [0.2, 0.25) is 5.91 Å². The summed E-state index contributed by atoms with van der Waals surface area (Å²) in [7, 11) is 0. The maximum absolute atomic E-state index is 12.5. The van der Waals surface area contributed by atoms with E-state index >= 15 is 0 Å². The maximum Gasteiger partial charge on any atom is 0.256 e. The molecule has 2 aliphatic heterocycles. The van der Waals surface area contributed by atoms with Crippen LogP contribution in [0.25, 0.3) is 0 Å². The van der Waals surface area contributed by atoms with E-state index < -0.39 is 0 Å². The van der Waals surface area contributed by atoms with Crippen molar-refractivity contribution >= 4 is 17.5 Å². The molecule has 1 atom stereocenters. The zero-order chi connectivity index (χ0) is 16.2. The molecule has 1 fully saturated rings. The summed E-state index contributed by atoms with van der Waals surface area (Å²) in [6, 6.07) is 9.57. The van der Waals surface area contributed by atoms with Gasteiger partial charge < -0.3 is 5.73 Å². The number of piperidine rings is 1. The Morgan fingerprint density at radius 3 is 2.70 bits per heavy atom. The topological polar surface area (TPSA) is 79.0 Å². The van der Waals surface area contributed by atoms with Crippen molar-refractivity contribution in [2.45, 2.75) is 31.7 Å². The Kier molecular flexibility index (Phi) is 4.71. The van der Waals surface area contributed by atoms with Gasteiger partial charge in [-0.2, -0.15) is 5.10 Å². The first kappa shape index (κ1) is 15.7. The van der Waals surface area contributed by atoms with Crippen LogP contribution in [0.1, 0.15) is 31.2 Å². The molecule has 0 aromatic heterocycles. The molecule has 0 radical (unpaired) electrons. The van der Waals surface area contributed by atoms with E-state index in [1.165, 1.54) is 5.01 Å². The van der Waals surface area contributed by atoms with Crippen molar-refractivity contribution in [1.29, 1.82) is 0 Å². The summed E-state index contributed by atoms with van der Waals surface area (Å²) in [6.07, 6.45) is 3.48. The van der Waals surface area contributed by atoms with Gasteiger partial charge in [0.15, 0.2) is 0 Å². The Morgan fingerprint density at radius 1 is 1.17 bits per heavy atom. The smallest absolute Gasteiger partial charge is 0.256 e. The fourth-order valence-electron chi connectivity index (χ4n) is 3.23. The number of nitrogens with zero attached hydrogens (tertiary/aromatic N) is 3. The van der Waals surface area contributed by atoms with Gasteiger partial charge in [-0.3, -0.25) is 14.5 Å². The molecule has 2 aliphatic rings. The largest absolute Gasteiger partial charge is 0.368 e. The van der Waals surface area contributed by atoms with Gasteiger partial charge in [-0.15, -0.1) is 0 Å². The number of carbonyl (C=O) groups is 2. The molecule has 0 spiro atoms. The molecule has 0 saturated carbocycles. The van der Waals surface area contributed by atoms with E-state index in [-0.39, 0.29) is 24.4 Å². The molecule has 1 aromatic rings. The van der Waals surface area contributed by atoms with E-state index in [1.54, 1.807) is 0 Å². The Labute approximate surface area is 135 Å². The number of hydrogen-bond acceptors (Lipinski definition) is 4. The van der Waals surface area contributed by atoms with Crippen LogP contribution in [-0.4, -0.2) is 53.1 Å². The van der Waals surface area contributed by atoms with E-state index in [0.29, 0.717) is 6.54 Å². The molecule has 1 aromatic carbocycles. The van der Waals surface area contributed by atoms with Gasteiger partial charge in [-0.1, -0.05) is 36.8 Å². The number of hydrazone groups is 1. The van der Waals surface area contributed by atoms with Gasteiger partial charge in [0.05, 0.1) is 24.8 Å². The monoisotopic (exact) mass is 314 g/mol. The van der Waals surface area contributed by atoms with Crippen molar-refractivity contribution in [3.63, 3.8) is 0 Å². The van der Waals surface area contributed by atoms with Crippen molar-refractivity contribution in [1.82, 2.24) is 9.91 Å². The lowest BCUT2D eigenvalue weighted by Gasteiger charge is -2.33. The van der Waals surface area contributed by atoms with Gasteiger partial charge in [-0.25, -0.2) is 5.01 Å². The molecule has 2 amide bonds. The summed E-state index contributed by atoms with van der Waals surface area (Å²) in [4.78, 5) is 25.9. The van der Waals surface area contributed by atoms with Gasteiger partial charge in [0.25, 0.3) is 5.91 Å². The van der Waals surface area contributed by atoms with Crippen molar-refractivity contribution in [2.24, 2.45) is 10.8 Å². The second kappa shape index (κ2) is 6.91. The fraction of sp³-hybridized carbons (Fsp3) is 0.471. The van der Waals surface area contributed by atoms with Gasteiger partial charge in [0, 0.05) is 6.42 Å². The SMILES string of the molecule is NC(=O)C1CCCCN1CC(=O)N1CCC(c2ccccc2)=N1. The van der Waals surface area contributed by atoms with Crippen molar-refractivity contribution < 1.29 is 9.59 Å². The molecular weight excluding hydrogens is 292 g/mol. The quantitative estimate of drug-likeness (QED) is 0.899. The van der Waals surface area contributed by atoms with Gasteiger partial charge >= 0.3 is 0 Å². The molecule has 3 rings (SSSR count). The summed E-state index contributed by atoms with van der Waals surface area (Å²) < 4.78 is 0. The zero-order valence-electron chi connectivity index (χ0n) is 13.1. The molecule has 0 aliphatic carbocycles. The summed E-state index contributed by atoms with van der Waals surface area (Å²) in [6.45, 7) is 1.54. The number of hydrogen-bond donors (Lipinski definition) is 1. The normalized spacial score (nSPS) is 22.0. The van der Waals surface area contributed by atoms with Crippen LogP contribution in [0.5, 0.6) is 0 Å². The summed E-state index contributed by atoms with van der Waals surface area (Å²) >= 11 is 0. The summed E-state index contributed by atoms with van der Waals surface area (Å²) in [5.41, 5.74) is 7.44. The Hall–Kier alpha value is -2.21. The number of nitrogens with two attached hydrogens (primary N) is 1. The highest BCUT2D eigenvalue weighted by molar-refractivity contribution is 6.02. The molecule has 122 valence electrons. The lowest BCUT2D eigenvalue weighted by molar-refractivity contribution is -0.134. The lowest BCUT2D eigenvalue weighted by Crippen LogP contribution is -2.51. The van der Waals surface area contributed by atoms with Crippen LogP contribution in [0.15, 0.2) is 35.4 Å². The van der Waals surface area contributed by atoms with E-state index in [9.17, 15) is 9.59 Å². The first-order chi connectivity index (χ1) is 11.1. The molecule has 23 heavy (non-hydrogen) atoms. The van der Waals surface area contributed by atoms with Crippen LogP contribution >= 0.6 is 0 Å². The minimum atomic E-state index is -0.340. The molecule has 2 N–H and O–H groups in total. The second-order valence-corrected chi connectivity index (χ2v) is 6.06. The van der Waals surface area contributed by atoms with Crippen LogP contribution in [0.4, 0.5) is 0 Å². The highest BCUT2D eigenvalue weighted by Gasteiger charge is 2.30. The second-order valence-electron chi connectivity index (χ2n) is 6.06. The molecule has 2 heterocycles. The van der Waals surface area contributed by atoms with E-state index in [0.717, 1.165) is 43.5 Å². The highest BCUT2D eigenvalue weighted by atomic mass is 16.2. The van der Waals surface area contributed by atoms with Crippen LogP contribution in [0, 0.1) is 0 Å². The Balaban J connectivity index is 1.65. The Morgan fingerprint density at radius 2 is 1.96 bits per heavy atom. The number of rotatable bonds is 4. The molecule has 1 saturated heterocycles. The molecule has 0 bridgehead atoms. The predicted molar refractivity (Wildman–Crippen MR) is 87.7 cm³/mol. The first-order valence-electron chi connectivity index (χ1n) is 8.12. The minimum absolute atomic E-state index is 0.0657. The average molecular weight is 314 g/mol. The third kappa shape index (κ3) is 3.59. The van der Waals surface area contributed by atoms with Crippen LogP contribution in [0.2, 0.25) is 0 Å².